The van der Waals surface area contributed by atoms with Crippen molar-refractivity contribution >= 4 is 5.78 Å². The summed E-state index contributed by atoms with van der Waals surface area (Å²) in [6, 6.07) is 15.4. The Labute approximate surface area is 115 Å². The molecule has 0 amide bonds. The van der Waals surface area contributed by atoms with E-state index in [4.69, 9.17) is 0 Å². The van der Waals surface area contributed by atoms with Crippen molar-refractivity contribution in [3.05, 3.63) is 70.8 Å². The van der Waals surface area contributed by atoms with E-state index in [2.05, 4.69) is 33.8 Å². The van der Waals surface area contributed by atoms with Crippen molar-refractivity contribution in [2.45, 2.75) is 33.1 Å². The van der Waals surface area contributed by atoms with Gasteiger partial charge in [-0.1, -0.05) is 63.2 Å². The van der Waals surface area contributed by atoms with E-state index < -0.39 is 0 Å². The van der Waals surface area contributed by atoms with Gasteiger partial charge >= 0.3 is 0 Å². The molecule has 0 saturated carbocycles. The minimum atomic E-state index is 0.0872. The molecule has 0 saturated heterocycles. The number of ketones is 1. The number of rotatable bonds is 2. The van der Waals surface area contributed by atoms with Crippen molar-refractivity contribution in [1.82, 2.24) is 0 Å². The molecule has 0 radical (unpaired) electrons. The van der Waals surface area contributed by atoms with Crippen LogP contribution in [0.2, 0.25) is 0 Å². The van der Waals surface area contributed by atoms with Gasteiger partial charge in [-0.25, -0.2) is 0 Å². The van der Waals surface area contributed by atoms with Gasteiger partial charge in [0.1, 0.15) is 0 Å². The summed E-state index contributed by atoms with van der Waals surface area (Å²) in [7, 11) is 0. The first-order chi connectivity index (χ1) is 8.89. The number of benzene rings is 2. The molecule has 0 spiro atoms. The van der Waals surface area contributed by atoms with Crippen LogP contribution in [0.4, 0.5) is 0 Å². The summed E-state index contributed by atoms with van der Waals surface area (Å²) in [5.74, 6) is 0.0872. The second-order valence-electron chi connectivity index (χ2n) is 5.97. The molecule has 0 unspecified atom stereocenters. The normalized spacial score (nSPS) is 11.4. The molecule has 0 atom stereocenters. The van der Waals surface area contributed by atoms with E-state index in [1.165, 1.54) is 11.1 Å². The minimum absolute atomic E-state index is 0.0872. The number of carbonyl (C=O) groups excluding carboxylic acids is 1. The monoisotopic (exact) mass is 252 g/mol. The molecule has 0 N–H and O–H groups in total. The predicted octanol–water partition coefficient (Wildman–Crippen LogP) is 4.52. The fourth-order valence-electron chi connectivity index (χ4n) is 2.40. The van der Waals surface area contributed by atoms with E-state index in [-0.39, 0.29) is 11.2 Å². The quantitative estimate of drug-likeness (QED) is 0.718. The van der Waals surface area contributed by atoms with Gasteiger partial charge in [-0.3, -0.25) is 4.79 Å². The largest absolute Gasteiger partial charge is 0.289 e. The van der Waals surface area contributed by atoms with Crippen LogP contribution >= 0.6 is 0 Å². The van der Waals surface area contributed by atoms with E-state index in [1.807, 2.05) is 42.5 Å². The summed E-state index contributed by atoms with van der Waals surface area (Å²) in [6.07, 6.45) is 0. The molecule has 2 aromatic rings. The molecule has 0 aliphatic rings. The Kier molecular flexibility index (Phi) is 3.57. The molecule has 1 nitrogen and oxygen atoms in total. The highest BCUT2D eigenvalue weighted by Crippen LogP contribution is 2.26. The van der Waals surface area contributed by atoms with Crippen molar-refractivity contribution in [3.63, 3.8) is 0 Å². The predicted molar refractivity (Wildman–Crippen MR) is 79.8 cm³/mol. The van der Waals surface area contributed by atoms with Gasteiger partial charge in [0.25, 0.3) is 0 Å². The summed E-state index contributed by atoms with van der Waals surface area (Å²) in [5, 5.41) is 0. The average Bonchev–Trinajstić information content (AvgIpc) is 2.37. The lowest BCUT2D eigenvalue weighted by molar-refractivity contribution is 0.103. The average molecular weight is 252 g/mol. The minimum Gasteiger partial charge on any atom is -0.289 e. The number of hydrogen-bond donors (Lipinski definition) is 0. The molecule has 0 fully saturated rings. The fraction of sp³-hybridized carbons (Fsp3) is 0.278. The summed E-state index contributed by atoms with van der Waals surface area (Å²) in [6.45, 7) is 8.64. The second kappa shape index (κ2) is 5.00. The molecule has 0 aromatic heterocycles. The highest BCUT2D eigenvalue weighted by atomic mass is 16.1. The molecule has 19 heavy (non-hydrogen) atoms. The Morgan fingerprint density at radius 2 is 1.53 bits per heavy atom. The third kappa shape index (κ3) is 2.93. The lowest BCUT2D eigenvalue weighted by Gasteiger charge is -2.22. The molecule has 98 valence electrons. The SMILES string of the molecule is Cc1cc(C(=O)c2ccccc2)ccc1C(C)(C)C. The van der Waals surface area contributed by atoms with Crippen LogP contribution in [-0.2, 0) is 5.41 Å². The summed E-state index contributed by atoms with van der Waals surface area (Å²) in [4.78, 5) is 12.4. The molecule has 1 heteroatoms. The second-order valence-corrected chi connectivity index (χ2v) is 5.97. The zero-order valence-corrected chi connectivity index (χ0v) is 12.0. The summed E-state index contributed by atoms with van der Waals surface area (Å²) < 4.78 is 0. The number of carbonyl (C=O) groups is 1. The standard InChI is InChI=1S/C18H20O/c1-13-12-15(10-11-16(13)18(2,3)4)17(19)14-8-6-5-7-9-14/h5-12H,1-4H3. The Hall–Kier alpha value is -1.89. The first kappa shape index (κ1) is 13.5. The Balaban J connectivity index is 2.38. The van der Waals surface area contributed by atoms with Crippen molar-refractivity contribution in [2.75, 3.05) is 0 Å². The molecule has 0 heterocycles. The van der Waals surface area contributed by atoms with Crippen LogP contribution < -0.4 is 0 Å². The van der Waals surface area contributed by atoms with Gasteiger partial charge in [0.05, 0.1) is 0 Å². The molecule has 0 aliphatic heterocycles. The molecular weight excluding hydrogens is 232 g/mol. The maximum absolute atomic E-state index is 12.4. The maximum Gasteiger partial charge on any atom is 0.193 e. The van der Waals surface area contributed by atoms with E-state index in [0.29, 0.717) is 0 Å². The van der Waals surface area contributed by atoms with E-state index in [0.717, 1.165) is 11.1 Å². The third-order valence-corrected chi connectivity index (χ3v) is 3.33. The fourth-order valence-corrected chi connectivity index (χ4v) is 2.40. The van der Waals surface area contributed by atoms with Crippen LogP contribution in [0.25, 0.3) is 0 Å². The van der Waals surface area contributed by atoms with Gasteiger partial charge in [-0.2, -0.15) is 0 Å². The van der Waals surface area contributed by atoms with Crippen LogP contribution in [0.3, 0.4) is 0 Å². The van der Waals surface area contributed by atoms with E-state index >= 15 is 0 Å². The van der Waals surface area contributed by atoms with Gasteiger partial charge in [0, 0.05) is 11.1 Å². The van der Waals surface area contributed by atoms with Crippen molar-refractivity contribution in [3.8, 4) is 0 Å². The van der Waals surface area contributed by atoms with Crippen LogP contribution in [0, 0.1) is 6.92 Å². The van der Waals surface area contributed by atoms with Crippen molar-refractivity contribution in [2.24, 2.45) is 0 Å². The first-order valence-electron chi connectivity index (χ1n) is 6.60. The van der Waals surface area contributed by atoms with Gasteiger partial charge < -0.3 is 0 Å². The molecule has 2 rings (SSSR count). The zero-order valence-electron chi connectivity index (χ0n) is 12.0. The molecule has 0 aliphatic carbocycles. The highest BCUT2D eigenvalue weighted by Gasteiger charge is 2.17. The zero-order chi connectivity index (χ0) is 14.0. The number of hydrogen-bond acceptors (Lipinski definition) is 1. The first-order valence-corrected chi connectivity index (χ1v) is 6.60. The summed E-state index contributed by atoms with van der Waals surface area (Å²) >= 11 is 0. The van der Waals surface area contributed by atoms with Crippen molar-refractivity contribution in [1.29, 1.82) is 0 Å². The molecule has 0 bridgehead atoms. The van der Waals surface area contributed by atoms with Gasteiger partial charge in [0.2, 0.25) is 0 Å². The maximum atomic E-state index is 12.4. The summed E-state index contributed by atoms with van der Waals surface area (Å²) in [5.41, 5.74) is 4.08. The van der Waals surface area contributed by atoms with E-state index in [9.17, 15) is 4.79 Å². The topological polar surface area (TPSA) is 17.1 Å². The Morgan fingerprint density at radius 3 is 2.05 bits per heavy atom. The molecule has 2 aromatic carbocycles. The smallest absolute Gasteiger partial charge is 0.193 e. The van der Waals surface area contributed by atoms with Crippen LogP contribution in [0.1, 0.15) is 47.8 Å². The lowest BCUT2D eigenvalue weighted by atomic mass is 9.83. The Bertz CT molecular complexity index is 589. The van der Waals surface area contributed by atoms with Gasteiger partial charge in [-0.15, -0.1) is 0 Å². The van der Waals surface area contributed by atoms with Crippen molar-refractivity contribution < 1.29 is 4.79 Å². The molecular formula is C18H20O. The Morgan fingerprint density at radius 1 is 0.895 bits per heavy atom. The van der Waals surface area contributed by atoms with Gasteiger partial charge in [0.15, 0.2) is 5.78 Å². The third-order valence-electron chi connectivity index (χ3n) is 3.33. The highest BCUT2D eigenvalue weighted by molar-refractivity contribution is 6.09. The van der Waals surface area contributed by atoms with Crippen LogP contribution in [-0.4, -0.2) is 5.78 Å². The lowest BCUT2D eigenvalue weighted by Crippen LogP contribution is -2.14. The number of aryl methyl sites for hydroxylation is 1. The van der Waals surface area contributed by atoms with E-state index in [1.54, 1.807) is 0 Å². The van der Waals surface area contributed by atoms with Crippen LogP contribution in [0.5, 0.6) is 0 Å². The van der Waals surface area contributed by atoms with Gasteiger partial charge in [-0.05, 0) is 29.5 Å². The van der Waals surface area contributed by atoms with Crippen LogP contribution in [0.15, 0.2) is 48.5 Å².